The number of unbranched alkanes of at least 4 members (excludes halogenated alkanes) is 4. The Balaban J connectivity index is 2.66. The van der Waals surface area contributed by atoms with E-state index in [1.54, 1.807) is 27.7 Å². The smallest absolute Gasteiger partial charge is 0.310 e. The van der Waals surface area contributed by atoms with Crippen LogP contribution in [0.2, 0.25) is 0 Å². The van der Waals surface area contributed by atoms with Gasteiger partial charge in [-0.05, 0) is 34.1 Å². The molecule has 1 aliphatic rings. The van der Waals surface area contributed by atoms with E-state index in [1.165, 1.54) is 12.5 Å². The van der Waals surface area contributed by atoms with E-state index in [-0.39, 0.29) is 23.3 Å². The molecule has 4 heteroatoms. The fourth-order valence-corrected chi connectivity index (χ4v) is 2.69. The molecule has 124 valence electrons. The molecular weight excluding hydrogens is 280 g/mol. The standard InChI is InChI=1S/C18H28O4/c1-6-7-8-9-10-11-15(20)22-14-12-13(19)17(2,3)16(21)18(14,4)5/h12H,6-11H2,1-5H3. The molecule has 0 aliphatic heterocycles. The first-order valence-electron chi connectivity index (χ1n) is 8.16. The SMILES string of the molecule is CCCCCCCC(=O)OC1=CC(=O)C(C)(C)C(=O)C1(C)C. The van der Waals surface area contributed by atoms with Crippen LogP contribution in [-0.2, 0) is 19.1 Å². The zero-order valence-electron chi connectivity index (χ0n) is 14.5. The molecule has 0 bridgehead atoms. The highest BCUT2D eigenvalue weighted by Crippen LogP contribution is 2.41. The molecular formula is C18H28O4. The first kappa shape index (κ1) is 18.6. The Morgan fingerprint density at radius 3 is 2.18 bits per heavy atom. The molecule has 0 heterocycles. The number of hydrogen-bond donors (Lipinski definition) is 0. The molecule has 0 atom stereocenters. The summed E-state index contributed by atoms with van der Waals surface area (Å²) in [6.45, 7) is 8.76. The van der Waals surface area contributed by atoms with Crippen LogP contribution in [0.3, 0.4) is 0 Å². The highest BCUT2D eigenvalue weighted by molar-refractivity contribution is 6.16. The van der Waals surface area contributed by atoms with Gasteiger partial charge in [-0.25, -0.2) is 0 Å². The summed E-state index contributed by atoms with van der Waals surface area (Å²) in [5.74, 6) is -0.697. The van der Waals surface area contributed by atoms with E-state index in [1.807, 2.05) is 0 Å². The van der Waals surface area contributed by atoms with Crippen LogP contribution >= 0.6 is 0 Å². The lowest BCUT2D eigenvalue weighted by molar-refractivity contribution is -0.148. The van der Waals surface area contributed by atoms with Crippen LogP contribution in [0.5, 0.6) is 0 Å². The zero-order valence-corrected chi connectivity index (χ0v) is 14.5. The Morgan fingerprint density at radius 2 is 1.59 bits per heavy atom. The second kappa shape index (κ2) is 7.21. The van der Waals surface area contributed by atoms with Crippen molar-refractivity contribution in [2.24, 2.45) is 10.8 Å². The van der Waals surface area contributed by atoms with Crippen molar-refractivity contribution < 1.29 is 19.1 Å². The van der Waals surface area contributed by atoms with E-state index < -0.39 is 10.8 Å². The van der Waals surface area contributed by atoms with Gasteiger partial charge in [-0.2, -0.15) is 0 Å². The van der Waals surface area contributed by atoms with Crippen molar-refractivity contribution in [1.82, 2.24) is 0 Å². The van der Waals surface area contributed by atoms with E-state index in [0.29, 0.717) is 6.42 Å². The lowest BCUT2D eigenvalue weighted by Gasteiger charge is -2.36. The fraction of sp³-hybridized carbons (Fsp3) is 0.722. The minimum atomic E-state index is -1.06. The Kier molecular flexibility index (Phi) is 6.09. The predicted molar refractivity (Wildman–Crippen MR) is 85.1 cm³/mol. The van der Waals surface area contributed by atoms with Gasteiger partial charge < -0.3 is 4.74 Å². The van der Waals surface area contributed by atoms with Gasteiger partial charge in [0.15, 0.2) is 11.6 Å². The number of Topliss-reactive ketones (excluding diaryl/α,β-unsaturated/α-hetero) is 1. The quantitative estimate of drug-likeness (QED) is 0.405. The molecule has 4 nitrogen and oxygen atoms in total. The normalized spacial score (nSPS) is 19.8. The number of esters is 1. The number of ketones is 2. The van der Waals surface area contributed by atoms with Crippen molar-refractivity contribution in [2.45, 2.75) is 73.1 Å². The summed E-state index contributed by atoms with van der Waals surface area (Å²) in [6.07, 6.45) is 6.86. The lowest BCUT2D eigenvalue weighted by atomic mass is 9.66. The van der Waals surface area contributed by atoms with Gasteiger partial charge in [0.1, 0.15) is 5.76 Å². The predicted octanol–water partition coefficient (Wildman–Crippen LogP) is 3.98. The van der Waals surface area contributed by atoms with Crippen LogP contribution in [-0.4, -0.2) is 17.5 Å². The van der Waals surface area contributed by atoms with E-state index in [2.05, 4.69) is 6.92 Å². The van der Waals surface area contributed by atoms with Crippen molar-refractivity contribution >= 4 is 17.5 Å². The molecule has 0 saturated heterocycles. The third-order valence-electron chi connectivity index (χ3n) is 4.34. The highest BCUT2D eigenvalue weighted by Gasteiger charge is 2.50. The summed E-state index contributed by atoms with van der Waals surface area (Å²) in [4.78, 5) is 36.4. The summed E-state index contributed by atoms with van der Waals surface area (Å²) < 4.78 is 5.33. The van der Waals surface area contributed by atoms with Crippen LogP contribution < -0.4 is 0 Å². The minimum Gasteiger partial charge on any atom is -0.430 e. The van der Waals surface area contributed by atoms with Gasteiger partial charge in [-0.1, -0.05) is 32.6 Å². The molecule has 0 unspecified atom stereocenters. The van der Waals surface area contributed by atoms with Gasteiger partial charge in [-0.15, -0.1) is 0 Å². The van der Waals surface area contributed by atoms with Gasteiger partial charge in [0.25, 0.3) is 0 Å². The summed E-state index contributed by atoms with van der Waals surface area (Å²) in [6, 6.07) is 0. The number of rotatable bonds is 7. The summed E-state index contributed by atoms with van der Waals surface area (Å²) >= 11 is 0. The second-order valence-electron chi connectivity index (χ2n) is 7.09. The molecule has 0 amide bonds. The van der Waals surface area contributed by atoms with Crippen molar-refractivity contribution in [3.8, 4) is 0 Å². The molecule has 1 aliphatic carbocycles. The molecule has 1 rings (SSSR count). The molecule has 0 saturated carbocycles. The van der Waals surface area contributed by atoms with E-state index >= 15 is 0 Å². The lowest BCUT2D eigenvalue weighted by Crippen LogP contribution is -2.47. The Morgan fingerprint density at radius 1 is 1.00 bits per heavy atom. The van der Waals surface area contributed by atoms with Crippen molar-refractivity contribution in [3.63, 3.8) is 0 Å². The third kappa shape index (κ3) is 4.05. The van der Waals surface area contributed by atoms with E-state index in [9.17, 15) is 14.4 Å². The zero-order chi connectivity index (χ0) is 17.0. The average molecular weight is 308 g/mol. The van der Waals surface area contributed by atoms with Gasteiger partial charge in [0.2, 0.25) is 0 Å². The summed E-state index contributed by atoms with van der Waals surface area (Å²) in [7, 11) is 0. The maximum absolute atomic E-state index is 12.5. The Labute approximate surface area is 133 Å². The maximum atomic E-state index is 12.5. The Hall–Kier alpha value is -1.45. The molecule has 0 radical (unpaired) electrons. The molecule has 0 aromatic carbocycles. The van der Waals surface area contributed by atoms with Crippen LogP contribution in [0.1, 0.15) is 73.1 Å². The highest BCUT2D eigenvalue weighted by atomic mass is 16.5. The third-order valence-corrected chi connectivity index (χ3v) is 4.34. The van der Waals surface area contributed by atoms with Crippen molar-refractivity contribution in [2.75, 3.05) is 0 Å². The van der Waals surface area contributed by atoms with Crippen molar-refractivity contribution in [3.05, 3.63) is 11.8 Å². The molecule has 0 aromatic rings. The number of ether oxygens (including phenoxy) is 1. The Bertz CT molecular complexity index is 483. The molecule has 22 heavy (non-hydrogen) atoms. The van der Waals surface area contributed by atoms with Crippen LogP contribution in [0, 0.1) is 10.8 Å². The van der Waals surface area contributed by atoms with E-state index in [4.69, 9.17) is 4.74 Å². The maximum Gasteiger partial charge on any atom is 0.310 e. The molecule has 0 fully saturated rings. The second-order valence-corrected chi connectivity index (χ2v) is 7.09. The summed E-state index contributed by atoms with van der Waals surface area (Å²) in [5.41, 5.74) is -2.01. The van der Waals surface area contributed by atoms with E-state index in [0.717, 1.165) is 25.7 Å². The minimum absolute atomic E-state index is 0.181. The number of carbonyl (C=O) groups excluding carboxylic acids is 3. The number of carbonyl (C=O) groups is 3. The first-order chi connectivity index (χ1) is 10.1. The van der Waals surface area contributed by atoms with Gasteiger partial charge >= 0.3 is 5.97 Å². The topological polar surface area (TPSA) is 60.4 Å². The largest absolute Gasteiger partial charge is 0.430 e. The number of allylic oxidation sites excluding steroid dienone is 2. The molecule has 0 N–H and O–H groups in total. The molecule has 0 spiro atoms. The van der Waals surface area contributed by atoms with Crippen LogP contribution in [0.25, 0.3) is 0 Å². The fourth-order valence-electron chi connectivity index (χ4n) is 2.69. The van der Waals surface area contributed by atoms with Crippen molar-refractivity contribution in [1.29, 1.82) is 0 Å². The first-order valence-corrected chi connectivity index (χ1v) is 8.16. The van der Waals surface area contributed by atoms with Crippen LogP contribution in [0.15, 0.2) is 11.8 Å². The van der Waals surface area contributed by atoms with Crippen LogP contribution in [0.4, 0.5) is 0 Å². The summed E-state index contributed by atoms with van der Waals surface area (Å²) in [5, 5.41) is 0. The molecule has 0 aromatic heterocycles. The number of hydrogen-bond acceptors (Lipinski definition) is 4. The monoisotopic (exact) mass is 308 g/mol. The average Bonchev–Trinajstić information content (AvgIpc) is 2.44. The van der Waals surface area contributed by atoms with Gasteiger partial charge in [0, 0.05) is 12.5 Å². The van der Waals surface area contributed by atoms with Gasteiger partial charge in [-0.3, -0.25) is 14.4 Å². The van der Waals surface area contributed by atoms with Gasteiger partial charge in [0.05, 0.1) is 10.8 Å².